The Bertz CT molecular complexity index is 279. The second-order valence-electron chi connectivity index (χ2n) is 4.15. The number of nitrogens with zero attached hydrogens (tertiary/aromatic N) is 2. The Morgan fingerprint density at radius 1 is 1.47 bits per heavy atom. The molecular formula is C11H18N2O2. The summed E-state index contributed by atoms with van der Waals surface area (Å²) < 4.78 is 11.1. The molecule has 1 saturated carbocycles. The standard InChI is InChI=1S/C11H18N2O2/c1-2-3-8-14-11(6-4-5-7-11)10-12-9-13-15-10/h9H,2-8H2,1H3. The summed E-state index contributed by atoms with van der Waals surface area (Å²) in [6.45, 7) is 2.95. The molecule has 0 spiro atoms. The first kappa shape index (κ1) is 10.6. The molecular weight excluding hydrogens is 192 g/mol. The Morgan fingerprint density at radius 2 is 2.27 bits per heavy atom. The molecule has 84 valence electrons. The van der Waals surface area contributed by atoms with E-state index in [9.17, 15) is 0 Å². The molecule has 1 aromatic rings. The summed E-state index contributed by atoms with van der Waals surface area (Å²) in [7, 11) is 0. The molecule has 0 N–H and O–H groups in total. The van der Waals surface area contributed by atoms with Crippen LogP contribution in [0, 0.1) is 0 Å². The molecule has 1 aliphatic carbocycles. The Hall–Kier alpha value is -0.900. The molecule has 0 saturated heterocycles. The third-order valence-electron chi connectivity index (χ3n) is 3.04. The van der Waals surface area contributed by atoms with Crippen LogP contribution in [0.15, 0.2) is 10.9 Å². The first-order chi connectivity index (χ1) is 7.37. The Labute approximate surface area is 90.0 Å². The molecule has 0 aliphatic heterocycles. The van der Waals surface area contributed by atoms with Crippen LogP contribution in [0.2, 0.25) is 0 Å². The smallest absolute Gasteiger partial charge is 0.258 e. The molecule has 1 fully saturated rings. The maximum Gasteiger partial charge on any atom is 0.258 e. The van der Waals surface area contributed by atoms with Gasteiger partial charge in [-0.3, -0.25) is 0 Å². The normalized spacial score (nSPS) is 19.5. The molecule has 0 amide bonds. The van der Waals surface area contributed by atoms with Crippen LogP contribution in [-0.2, 0) is 10.3 Å². The van der Waals surface area contributed by atoms with E-state index in [-0.39, 0.29) is 5.60 Å². The van der Waals surface area contributed by atoms with Crippen molar-refractivity contribution in [3.8, 4) is 0 Å². The van der Waals surface area contributed by atoms with Crippen molar-refractivity contribution in [1.29, 1.82) is 0 Å². The molecule has 0 unspecified atom stereocenters. The van der Waals surface area contributed by atoms with E-state index >= 15 is 0 Å². The second kappa shape index (κ2) is 4.75. The minimum atomic E-state index is -0.272. The van der Waals surface area contributed by atoms with E-state index in [0.29, 0.717) is 5.89 Å². The van der Waals surface area contributed by atoms with Gasteiger partial charge in [-0.05, 0) is 32.1 Å². The fraction of sp³-hybridized carbons (Fsp3) is 0.818. The van der Waals surface area contributed by atoms with E-state index in [2.05, 4.69) is 17.1 Å². The van der Waals surface area contributed by atoms with Gasteiger partial charge >= 0.3 is 0 Å². The third-order valence-corrected chi connectivity index (χ3v) is 3.04. The molecule has 0 bridgehead atoms. The third kappa shape index (κ3) is 2.20. The molecule has 2 rings (SSSR count). The molecule has 4 heteroatoms. The Kier molecular flexibility index (Phi) is 3.36. The summed E-state index contributed by atoms with van der Waals surface area (Å²) in [5.41, 5.74) is -0.272. The number of ether oxygens (including phenoxy) is 1. The predicted octanol–water partition coefficient (Wildman–Crippen LogP) is 2.66. The molecule has 1 aromatic heterocycles. The summed E-state index contributed by atoms with van der Waals surface area (Å²) in [6, 6.07) is 0. The van der Waals surface area contributed by atoms with Crippen molar-refractivity contribution in [2.75, 3.05) is 6.61 Å². The van der Waals surface area contributed by atoms with Gasteiger partial charge in [0.15, 0.2) is 6.33 Å². The average Bonchev–Trinajstić information content (AvgIpc) is 2.89. The zero-order valence-electron chi connectivity index (χ0n) is 9.24. The molecule has 15 heavy (non-hydrogen) atoms. The monoisotopic (exact) mass is 210 g/mol. The highest BCUT2D eigenvalue weighted by Gasteiger charge is 2.41. The minimum absolute atomic E-state index is 0.272. The zero-order chi connectivity index (χ0) is 10.6. The summed E-state index contributed by atoms with van der Waals surface area (Å²) >= 11 is 0. The van der Waals surface area contributed by atoms with E-state index in [1.807, 2.05) is 0 Å². The largest absolute Gasteiger partial charge is 0.365 e. The maximum atomic E-state index is 5.98. The van der Waals surface area contributed by atoms with Gasteiger partial charge < -0.3 is 9.26 Å². The lowest BCUT2D eigenvalue weighted by Gasteiger charge is -2.24. The van der Waals surface area contributed by atoms with E-state index in [4.69, 9.17) is 9.26 Å². The van der Waals surface area contributed by atoms with Gasteiger partial charge in [0.1, 0.15) is 5.60 Å². The topological polar surface area (TPSA) is 48.2 Å². The second-order valence-corrected chi connectivity index (χ2v) is 4.15. The maximum absolute atomic E-state index is 5.98. The van der Waals surface area contributed by atoms with Gasteiger partial charge in [-0.1, -0.05) is 18.5 Å². The summed E-state index contributed by atoms with van der Waals surface area (Å²) in [5.74, 6) is 0.663. The van der Waals surface area contributed by atoms with E-state index in [1.165, 1.54) is 19.2 Å². The van der Waals surface area contributed by atoms with Crippen molar-refractivity contribution in [2.45, 2.75) is 51.0 Å². The van der Waals surface area contributed by atoms with Gasteiger partial charge in [0.25, 0.3) is 5.89 Å². The highest BCUT2D eigenvalue weighted by Crippen LogP contribution is 2.41. The predicted molar refractivity (Wildman–Crippen MR) is 55.3 cm³/mol. The van der Waals surface area contributed by atoms with Gasteiger partial charge in [-0.2, -0.15) is 4.98 Å². The van der Waals surface area contributed by atoms with E-state index in [0.717, 1.165) is 32.3 Å². The van der Waals surface area contributed by atoms with Crippen LogP contribution in [0.25, 0.3) is 0 Å². The highest BCUT2D eigenvalue weighted by molar-refractivity contribution is 5.00. The van der Waals surface area contributed by atoms with Gasteiger partial charge in [0.2, 0.25) is 0 Å². The van der Waals surface area contributed by atoms with Crippen LogP contribution >= 0.6 is 0 Å². The highest BCUT2D eigenvalue weighted by atomic mass is 16.5. The molecule has 1 aliphatic rings. The lowest BCUT2D eigenvalue weighted by molar-refractivity contribution is -0.0679. The van der Waals surface area contributed by atoms with Crippen molar-refractivity contribution >= 4 is 0 Å². The number of rotatable bonds is 5. The van der Waals surface area contributed by atoms with Gasteiger partial charge in [0, 0.05) is 6.61 Å². The van der Waals surface area contributed by atoms with Crippen molar-refractivity contribution in [2.24, 2.45) is 0 Å². The lowest BCUT2D eigenvalue weighted by Crippen LogP contribution is -2.27. The molecule has 1 heterocycles. The summed E-state index contributed by atoms with van der Waals surface area (Å²) in [5, 5.41) is 3.67. The zero-order valence-corrected chi connectivity index (χ0v) is 9.24. The first-order valence-corrected chi connectivity index (χ1v) is 5.78. The minimum Gasteiger partial charge on any atom is -0.365 e. The van der Waals surface area contributed by atoms with Crippen LogP contribution in [0.4, 0.5) is 0 Å². The van der Waals surface area contributed by atoms with Crippen molar-refractivity contribution < 1.29 is 9.26 Å². The van der Waals surface area contributed by atoms with Gasteiger partial charge in [-0.15, -0.1) is 0 Å². The van der Waals surface area contributed by atoms with Crippen LogP contribution in [0.5, 0.6) is 0 Å². The average molecular weight is 210 g/mol. The van der Waals surface area contributed by atoms with Crippen LogP contribution in [0.1, 0.15) is 51.3 Å². The summed E-state index contributed by atoms with van der Waals surface area (Å²) in [6.07, 6.45) is 8.11. The molecule has 0 aromatic carbocycles. The van der Waals surface area contributed by atoms with Gasteiger partial charge in [0.05, 0.1) is 0 Å². The number of unbranched alkanes of at least 4 members (excludes halogenated alkanes) is 1. The van der Waals surface area contributed by atoms with Crippen LogP contribution in [-0.4, -0.2) is 16.7 Å². The fourth-order valence-electron chi connectivity index (χ4n) is 2.15. The molecule has 0 radical (unpaired) electrons. The van der Waals surface area contributed by atoms with E-state index in [1.54, 1.807) is 0 Å². The molecule has 0 atom stereocenters. The Balaban J connectivity index is 2.04. The lowest BCUT2D eigenvalue weighted by atomic mass is 10.0. The quantitative estimate of drug-likeness (QED) is 0.701. The Morgan fingerprint density at radius 3 is 2.87 bits per heavy atom. The van der Waals surface area contributed by atoms with Crippen molar-refractivity contribution in [3.05, 3.63) is 12.2 Å². The first-order valence-electron chi connectivity index (χ1n) is 5.78. The van der Waals surface area contributed by atoms with Crippen LogP contribution < -0.4 is 0 Å². The van der Waals surface area contributed by atoms with Crippen molar-refractivity contribution in [1.82, 2.24) is 10.1 Å². The van der Waals surface area contributed by atoms with Gasteiger partial charge in [-0.25, -0.2) is 0 Å². The fourth-order valence-corrected chi connectivity index (χ4v) is 2.15. The van der Waals surface area contributed by atoms with E-state index < -0.39 is 0 Å². The summed E-state index contributed by atoms with van der Waals surface area (Å²) in [4.78, 5) is 4.15. The number of hydrogen-bond acceptors (Lipinski definition) is 4. The van der Waals surface area contributed by atoms with Crippen LogP contribution in [0.3, 0.4) is 0 Å². The van der Waals surface area contributed by atoms with Crippen molar-refractivity contribution in [3.63, 3.8) is 0 Å². The SMILES string of the molecule is CCCCOC1(c2ncno2)CCCC1. The number of hydrogen-bond donors (Lipinski definition) is 0. The number of aromatic nitrogens is 2. The molecule has 4 nitrogen and oxygen atoms in total.